The molecule has 1 aromatic rings. The largest absolute Gasteiger partial charge is 0.468 e. The molecule has 4 atom stereocenters. The Hall–Kier alpha value is -1.86. The Morgan fingerprint density at radius 3 is 2.44 bits per heavy atom. The number of hydrogen-bond acceptors (Lipinski definition) is 6. The monoisotopic (exact) mass is 456 g/mol. The lowest BCUT2D eigenvalue weighted by atomic mass is 9.75. The molecule has 1 aromatic carbocycles. The van der Waals surface area contributed by atoms with Gasteiger partial charge < -0.3 is 4.74 Å². The van der Waals surface area contributed by atoms with E-state index in [1.54, 1.807) is 7.05 Å². The van der Waals surface area contributed by atoms with Crippen molar-refractivity contribution < 1.29 is 19.1 Å². The summed E-state index contributed by atoms with van der Waals surface area (Å²) >= 11 is 1.95. The maximum Gasteiger partial charge on any atom is 0.327 e. The summed E-state index contributed by atoms with van der Waals surface area (Å²) in [7, 11) is 2.93. The normalized spacial score (nSPS) is 33.3. The number of amides is 2. The molecule has 0 unspecified atom stereocenters. The predicted molar refractivity (Wildman–Crippen MR) is 122 cm³/mol. The Morgan fingerprint density at radius 2 is 1.75 bits per heavy atom. The van der Waals surface area contributed by atoms with Gasteiger partial charge in [0, 0.05) is 23.2 Å². The quantitative estimate of drug-likeness (QED) is 0.507. The van der Waals surface area contributed by atoms with Gasteiger partial charge in [0.05, 0.1) is 18.9 Å². The lowest BCUT2D eigenvalue weighted by Crippen LogP contribution is -2.59. The Labute approximate surface area is 194 Å². The van der Waals surface area contributed by atoms with Crippen molar-refractivity contribution in [1.82, 2.24) is 9.80 Å². The van der Waals surface area contributed by atoms with Crippen molar-refractivity contribution in [2.24, 2.45) is 11.8 Å². The molecule has 2 amide bonds. The van der Waals surface area contributed by atoms with E-state index in [0.717, 1.165) is 18.4 Å². The molecule has 0 spiro atoms. The minimum Gasteiger partial charge on any atom is -0.468 e. The molecule has 6 nitrogen and oxygen atoms in total. The zero-order chi connectivity index (χ0) is 22.5. The van der Waals surface area contributed by atoms with Crippen LogP contribution in [0.5, 0.6) is 0 Å². The molecule has 0 N–H and O–H groups in total. The highest BCUT2D eigenvalue weighted by molar-refractivity contribution is 8.00. The summed E-state index contributed by atoms with van der Waals surface area (Å²) in [4.78, 5) is 44.2. The van der Waals surface area contributed by atoms with Gasteiger partial charge in [-0.15, -0.1) is 11.8 Å². The zero-order valence-electron chi connectivity index (χ0n) is 18.9. The number of benzene rings is 1. The summed E-state index contributed by atoms with van der Waals surface area (Å²) in [6.07, 6.45) is 8.88. The smallest absolute Gasteiger partial charge is 0.327 e. The molecular weight excluding hydrogens is 424 g/mol. The second-order valence-corrected chi connectivity index (χ2v) is 11.1. The molecule has 0 bridgehead atoms. The van der Waals surface area contributed by atoms with Crippen LogP contribution in [0.25, 0.3) is 0 Å². The topological polar surface area (TPSA) is 66.9 Å². The van der Waals surface area contributed by atoms with E-state index in [-0.39, 0.29) is 23.8 Å². The molecule has 3 aliphatic heterocycles. The van der Waals surface area contributed by atoms with Gasteiger partial charge in [-0.2, -0.15) is 0 Å². The fourth-order valence-corrected chi connectivity index (χ4v) is 7.87. The van der Waals surface area contributed by atoms with E-state index in [2.05, 4.69) is 29.2 Å². The summed E-state index contributed by atoms with van der Waals surface area (Å²) in [5, 5.41) is 0.683. The molecule has 5 rings (SSSR count). The van der Waals surface area contributed by atoms with Gasteiger partial charge in [0.15, 0.2) is 0 Å². The maximum absolute atomic E-state index is 13.2. The lowest BCUT2D eigenvalue weighted by Gasteiger charge is -2.44. The first-order valence-electron chi connectivity index (χ1n) is 11.9. The van der Waals surface area contributed by atoms with Gasteiger partial charge in [0.2, 0.25) is 11.8 Å². The molecule has 3 heterocycles. The van der Waals surface area contributed by atoms with E-state index in [1.807, 2.05) is 11.8 Å². The van der Waals surface area contributed by atoms with Crippen LogP contribution in [0.2, 0.25) is 0 Å². The van der Waals surface area contributed by atoms with Crippen molar-refractivity contribution in [3.05, 3.63) is 29.8 Å². The Bertz CT molecular complexity index is 913. The number of piperidine rings is 1. The fourth-order valence-electron chi connectivity index (χ4n) is 6.62. The van der Waals surface area contributed by atoms with Crippen LogP contribution >= 0.6 is 11.8 Å². The van der Waals surface area contributed by atoms with Gasteiger partial charge in [-0.1, -0.05) is 31.4 Å². The molecule has 4 fully saturated rings. The summed E-state index contributed by atoms with van der Waals surface area (Å²) in [6, 6.07) is 8.22. The van der Waals surface area contributed by atoms with Gasteiger partial charge in [0.1, 0.15) is 5.54 Å². The average Bonchev–Trinajstić information content (AvgIpc) is 3.26. The molecular formula is C25H32N2O4S. The highest BCUT2D eigenvalue weighted by atomic mass is 32.2. The number of carbonyl (C=O) groups excluding carboxylic acids is 3. The van der Waals surface area contributed by atoms with Crippen LogP contribution in [-0.2, 0) is 19.1 Å². The number of hydrogen-bond donors (Lipinski definition) is 0. The van der Waals surface area contributed by atoms with E-state index in [0.29, 0.717) is 18.2 Å². The summed E-state index contributed by atoms with van der Waals surface area (Å²) in [5.74, 6) is -2.01. The highest BCUT2D eigenvalue weighted by Gasteiger charge is 2.72. The molecule has 1 saturated carbocycles. The van der Waals surface area contributed by atoms with Gasteiger partial charge in [-0.25, -0.2) is 0 Å². The molecule has 4 aliphatic rings. The number of methoxy groups -OCH3 is 1. The SMILES string of the molecule is COC(=O)[C@@]12CCCCN1[C@H](c1ccc(SC3CCCCC3)cc1)[C@H]1C(=O)N(C)C(=O)[C@H]12. The third kappa shape index (κ3) is 3.23. The number of carbonyl (C=O) groups is 3. The van der Waals surface area contributed by atoms with Crippen LogP contribution in [-0.4, -0.2) is 59.1 Å². The molecule has 32 heavy (non-hydrogen) atoms. The van der Waals surface area contributed by atoms with Crippen molar-refractivity contribution in [2.75, 3.05) is 20.7 Å². The number of ether oxygens (including phenoxy) is 1. The van der Waals surface area contributed by atoms with E-state index >= 15 is 0 Å². The second kappa shape index (κ2) is 8.49. The van der Waals surface area contributed by atoms with Gasteiger partial charge >= 0.3 is 5.97 Å². The number of nitrogens with zero attached hydrogens (tertiary/aromatic N) is 2. The third-order valence-corrected chi connectivity index (χ3v) is 9.45. The molecule has 172 valence electrons. The van der Waals surface area contributed by atoms with E-state index in [9.17, 15) is 14.4 Å². The van der Waals surface area contributed by atoms with E-state index < -0.39 is 17.4 Å². The molecule has 3 saturated heterocycles. The van der Waals surface area contributed by atoms with E-state index in [1.165, 1.54) is 49.0 Å². The number of fused-ring (bicyclic) bond motifs is 3. The first-order valence-corrected chi connectivity index (χ1v) is 12.8. The molecule has 7 heteroatoms. The molecule has 1 aliphatic carbocycles. The fraction of sp³-hybridized carbons (Fsp3) is 0.640. The number of esters is 1. The molecule has 0 radical (unpaired) electrons. The third-order valence-electron chi connectivity index (χ3n) is 8.10. The van der Waals surface area contributed by atoms with Crippen LogP contribution in [0.3, 0.4) is 0 Å². The number of rotatable bonds is 4. The van der Waals surface area contributed by atoms with Crippen molar-refractivity contribution >= 4 is 29.5 Å². The van der Waals surface area contributed by atoms with Crippen LogP contribution in [0.1, 0.15) is 63.0 Å². The van der Waals surface area contributed by atoms with Crippen molar-refractivity contribution in [1.29, 1.82) is 0 Å². The second-order valence-electron chi connectivity index (χ2n) is 9.70. The molecule has 0 aromatic heterocycles. The van der Waals surface area contributed by atoms with Crippen LogP contribution in [0.4, 0.5) is 0 Å². The van der Waals surface area contributed by atoms with Gasteiger partial charge in [-0.05, 0) is 56.3 Å². The number of thioether (sulfide) groups is 1. The van der Waals surface area contributed by atoms with Gasteiger partial charge in [-0.3, -0.25) is 24.2 Å². The minimum absolute atomic E-state index is 0.177. The number of imide groups is 1. The Kier molecular flexibility index (Phi) is 5.82. The summed E-state index contributed by atoms with van der Waals surface area (Å²) in [6.45, 7) is 0.690. The summed E-state index contributed by atoms with van der Waals surface area (Å²) in [5.41, 5.74) is -0.0351. The van der Waals surface area contributed by atoms with Crippen LogP contribution in [0.15, 0.2) is 29.2 Å². The first kappa shape index (κ1) is 22.0. The highest BCUT2D eigenvalue weighted by Crippen LogP contribution is 2.58. The van der Waals surface area contributed by atoms with E-state index in [4.69, 9.17) is 4.74 Å². The Balaban J connectivity index is 1.50. The summed E-state index contributed by atoms with van der Waals surface area (Å²) < 4.78 is 5.24. The van der Waals surface area contributed by atoms with Crippen LogP contribution < -0.4 is 0 Å². The standard InChI is InChI=1S/C25H32N2O4S/c1-26-22(28)19-20(23(26)29)25(24(30)31-2)14-6-7-15-27(25)21(19)16-10-12-18(13-11-16)32-17-8-4-3-5-9-17/h10-13,17,19-21H,3-9,14-15H2,1-2H3/t19-,20-,21+,25-/m0/s1. The predicted octanol–water partition coefficient (Wildman–Crippen LogP) is 3.79. The minimum atomic E-state index is -1.05. The zero-order valence-corrected chi connectivity index (χ0v) is 19.7. The maximum atomic E-state index is 13.2. The average molecular weight is 457 g/mol. The van der Waals surface area contributed by atoms with Crippen molar-refractivity contribution in [3.8, 4) is 0 Å². The van der Waals surface area contributed by atoms with Crippen molar-refractivity contribution in [3.63, 3.8) is 0 Å². The van der Waals surface area contributed by atoms with Gasteiger partial charge in [0.25, 0.3) is 0 Å². The Morgan fingerprint density at radius 1 is 1.03 bits per heavy atom. The first-order chi connectivity index (χ1) is 15.5. The van der Waals surface area contributed by atoms with Crippen molar-refractivity contribution in [2.45, 2.75) is 73.1 Å². The lowest BCUT2D eigenvalue weighted by molar-refractivity contribution is -0.163. The van der Waals surface area contributed by atoms with Crippen LogP contribution in [0, 0.1) is 11.8 Å². The number of likely N-dealkylation sites (tertiary alicyclic amines) is 1.